The van der Waals surface area contributed by atoms with Gasteiger partial charge in [-0.3, -0.25) is 4.90 Å². The largest absolute Gasteiger partial charge is 0.497 e. The molecule has 2 aromatic carbocycles. The molecular weight excluding hydrogens is 332 g/mol. The lowest BCUT2D eigenvalue weighted by molar-refractivity contribution is 0.239. The Morgan fingerprint density at radius 3 is 2.44 bits per heavy atom. The van der Waals surface area contributed by atoms with Gasteiger partial charge in [-0.05, 0) is 60.7 Å². The van der Waals surface area contributed by atoms with Crippen molar-refractivity contribution >= 4 is 0 Å². The van der Waals surface area contributed by atoms with Crippen LogP contribution in [0.15, 0.2) is 66.9 Å². The first-order valence-corrected chi connectivity index (χ1v) is 9.78. The van der Waals surface area contributed by atoms with Crippen LogP contribution in [0.4, 0.5) is 0 Å². The van der Waals surface area contributed by atoms with Crippen LogP contribution < -0.4 is 4.74 Å². The SMILES string of the molecule is COc1ccc(CN(Cc2cccn2Cc2ccccc2C)C2CC2)cc1. The van der Waals surface area contributed by atoms with Crippen LogP contribution in [-0.2, 0) is 19.6 Å². The Bertz CT molecular complexity index is 877. The Balaban J connectivity index is 1.48. The first-order valence-electron chi connectivity index (χ1n) is 9.78. The second-order valence-corrected chi connectivity index (χ2v) is 7.54. The van der Waals surface area contributed by atoms with Crippen LogP contribution in [0.2, 0.25) is 0 Å². The maximum Gasteiger partial charge on any atom is 0.118 e. The van der Waals surface area contributed by atoms with Crippen molar-refractivity contribution in [3.8, 4) is 5.75 Å². The number of aryl methyl sites for hydroxylation is 1. The lowest BCUT2D eigenvalue weighted by Gasteiger charge is -2.23. The molecule has 0 radical (unpaired) electrons. The van der Waals surface area contributed by atoms with Gasteiger partial charge in [-0.2, -0.15) is 0 Å². The van der Waals surface area contributed by atoms with E-state index in [-0.39, 0.29) is 0 Å². The molecule has 140 valence electrons. The molecule has 0 N–H and O–H groups in total. The maximum absolute atomic E-state index is 5.28. The number of nitrogens with zero attached hydrogens (tertiary/aromatic N) is 2. The van der Waals surface area contributed by atoms with Crippen molar-refractivity contribution in [3.05, 3.63) is 89.2 Å². The Kier molecular flexibility index (Phi) is 5.30. The van der Waals surface area contributed by atoms with Crippen LogP contribution in [-0.4, -0.2) is 22.6 Å². The molecule has 1 aromatic heterocycles. The van der Waals surface area contributed by atoms with Crippen LogP contribution in [0.5, 0.6) is 5.75 Å². The topological polar surface area (TPSA) is 17.4 Å². The fourth-order valence-electron chi connectivity index (χ4n) is 3.65. The summed E-state index contributed by atoms with van der Waals surface area (Å²) in [6.45, 7) is 5.12. The smallest absolute Gasteiger partial charge is 0.118 e. The summed E-state index contributed by atoms with van der Waals surface area (Å²) in [7, 11) is 1.72. The fourth-order valence-corrected chi connectivity index (χ4v) is 3.65. The van der Waals surface area contributed by atoms with Crippen molar-refractivity contribution in [1.29, 1.82) is 0 Å². The van der Waals surface area contributed by atoms with Gasteiger partial charge in [0.2, 0.25) is 0 Å². The molecule has 0 spiro atoms. The number of rotatable bonds is 8. The van der Waals surface area contributed by atoms with Gasteiger partial charge in [-0.25, -0.2) is 0 Å². The molecule has 0 amide bonds. The second-order valence-electron chi connectivity index (χ2n) is 7.54. The third-order valence-electron chi connectivity index (χ3n) is 5.50. The molecular formula is C24H28N2O. The molecule has 1 heterocycles. The van der Waals surface area contributed by atoms with E-state index < -0.39 is 0 Å². The second kappa shape index (κ2) is 8.01. The molecule has 0 aliphatic heterocycles. The average Bonchev–Trinajstić information content (AvgIpc) is 3.45. The molecule has 0 unspecified atom stereocenters. The van der Waals surface area contributed by atoms with Crippen LogP contribution >= 0.6 is 0 Å². The molecule has 3 heteroatoms. The summed E-state index contributed by atoms with van der Waals surface area (Å²) < 4.78 is 7.68. The minimum Gasteiger partial charge on any atom is -0.497 e. The van der Waals surface area contributed by atoms with E-state index in [2.05, 4.69) is 83.3 Å². The summed E-state index contributed by atoms with van der Waals surface area (Å²) in [6.07, 6.45) is 4.84. The Hall–Kier alpha value is -2.52. The van der Waals surface area contributed by atoms with Crippen molar-refractivity contribution in [2.45, 2.75) is 45.4 Å². The number of benzene rings is 2. The highest BCUT2D eigenvalue weighted by atomic mass is 16.5. The van der Waals surface area contributed by atoms with E-state index in [1.54, 1.807) is 7.11 Å². The molecule has 27 heavy (non-hydrogen) atoms. The van der Waals surface area contributed by atoms with E-state index in [9.17, 15) is 0 Å². The van der Waals surface area contributed by atoms with Crippen LogP contribution in [0.3, 0.4) is 0 Å². The highest BCUT2D eigenvalue weighted by molar-refractivity contribution is 5.28. The van der Waals surface area contributed by atoms with Crippen LogP contribution in [0.25, 0.3) is 0 Å². The van der Waals surface area contributed by atoms with E-state index >= 15 is 0 Å². The van der Waals surface area contributed by atoms with E-state index in [0.29, 0.717) is 6.04 Å². The van der Waals surface area contributed by atoms with Crippen molar-refractivity contribution in [2.75, 3.05) is 7.11 Å². The van der Waals surface area contributed by atoms with E-state index in [0.717, 1.165) is 25.4 Å². The molecule has 1 aliphatic carbocycles. The quantitative estimate of drug-likeness (QED) is 0.561. The van der Waals surface area contributed by atoms with Crippen molar-refractivity contribution in [1.82, 2.24) is 9.47 Å². The molecule has 0 atom stereocenters. The first-order chi connectivity index (χ1) is 13.2. The van der Waals surface area contributed by atoms with E-state index in [4.69, 9.17) is 4.74 Å². The molecule has 0 saturated heterocycles. The number of hydrogen-bond acceptors (Lipinski definition) is 2. The van der Waals surface area contributed by atoms with Crippen LogP contribution in [0.1, 0.15) is 35.2 Å². The standard InChI is InChI=1S/C24H28N2O/c1-19-6-3-4-7-21(19)17-25-15-5-8-23(25)18-26(22-11-12-22)16-20-9-13-24(27-2)14-10-20/h3-10,13-15,22H,11-12,16-18H2,1-2H3. The number of aromatic nitrogens is 1. The normalized spacial score (nSPS) is 13.9. The Morgan fingerprint density at radius 2 is 1.74 bits per heavy atom. The molecule has 0 bridgehead atoms. The first kappa shape index (κ1) is 17.9. The summed E-state index contributed by atoms with van der Waals surface area (Å²) in [5, 5.41) is 0. The zero-order chi connectivity index (χ0) is 18.6. The van der Waals surface area contributed by atoms with Crippen molar-refractivity contribution in [2.24, 2.45) is 0 Å². The summed E-state index contributed by atoms with van der Waals surface area (Å²) in [6, 6.07) is 22.3. The van der Waals surface area contributed by atoms with Crippen LogP contribution in [0, 0.1) is 6.92 Å². The van der Waals surface area contributed by atoms with Gasteiger partial charge < -0.3 is 9.30 Å². The summed E-state index contributed by atoms with van der Waals surface area (Å²) in [4.78, 5) is 2.62. The van der Waals surface area contributed by atoms with Crippen molar-refractivity contribution < 1.29 is 4.74 Å². The van der Waals surface area contributed by atoms with Gasteiger partial charge in [-0.15, -0.1) is 0 Å². The molecule has 1 aliphatic rings. The van der Waals surface area contributed by atoms with Gasteiger partial charge in [0.25, 0.3) is 0 Å². The van der Waals surface area contributed by atoms with Gasteiger partial charge in [0, 0.05) is 37.6 Å². The molecule has 3 aromatic rings. The monoisotopic (exact) mass is 360 g/mol. The zero-order valence-electron chi connectivity index (χ0n) is 16.3. The minimum atomic E-state index is 0.717. The predicted octanol–water partition coefficient (Wildman–Crippen LogP) is 5.02. The van der Waals surface area contributed by atoms with E-state index in [1.807, 2.05) is 0 Å². The van der Waals surface area contributed by atoms with Gasteiger partial charge in [0.1, 0.15) is 5.75 Å². The van der Waals surface area contributed by atoms with Gasteiger partial charge in [0.15, 0.2) is 0 Å². The Morgan fingerprint density at radius 1 is 0.963 bits per heavy atom. The number of hydrogen-bond donors (Lipinski definition) is 0. The van der Waals surface area contributed by atoms with Gasteiger partial charge in [0.05, 0.1) is 7.11 Å². The third kappa shape index (κ3) is 4.42. The maximum atomic E-state index is 5.28. The third-order valence-corrected chi connectivity index (χ3v) is 5.50. The molecule has 1 saturated carbocycles. The number of ether oxygens (including phenoxy) is 1. The Labute approximate surface area is 162 Å². The van der Waals surface area contributed by atoms with E-state index in [1.165, 1.54) is 35.2 Å². The van der Waals surface area contributed by atoms with Crippen molar-refractivity contribution in [3.63, 3.8) is 0 Å². The minimum absolute atomic E-state index is 0.717. The van der Waals surface area contributed by atoms with Gasteiger partial charge in [-0.1, -0.05) is 36.4 Å². The summed E-state index contributed by atoms with van der Waals surface area (Å²) in [5.41, 5.74) is 5.48. The zero-order valence-corrected chi connectivity index (χ0v) is 16.3. The van der Waals surface area contributed by atoms with Gasteiger partial charge >= 0.3 is 0 Å². The molecule has 4 rings (SSSR count). The lowest BCUT2D eigenvalue weighted by atomic mass is 10.1. The summed E-state index contributed by atoms with van der Waals surface area (Å²) in [5.74, 6) is 0.920. The predicted molar refractivity (Wildman–Crippen MR) is 110 cm³/mol. The molecule has 1 fully saturated rings. The highest BCUT2D eigenvalue weighted by Gasteiger charge is 2.29. The lowest BCUT2D eigenvalue weighted by Crippen LogP contribution is -2.26. The number of methoxy groups -OCH3 is 1. The molecule has 3 nitrogen and oxygen atoms in total. The fraction of sp³-hybridized carbons (Fsp3) is 0.333. The summed E-state index contributed by atoms with van der Waals surface area (Å²) >= 11 is 0. The average molecular weight is 361 g/mol. The highest BCUT2D eigenvalue weighted by Crippen LogP contribution is 2.30.